The molecule has 0 fully saturated rings. The average Bonchev–Trinajstić information content (AvgIpc) is 3.20. The first-order valence-electron chi connectivity index (χ1n) is 9.51. The Bertz CT molecular complexity index is 1050. The van der Waals surface area contributed by atoms with E-state index in [1.54, 1.807) is 0 Å². The predicted molar refractivity (Wildman–Crippen MR) is 112 cm³/mol. The van der Waals surface area contributed by atoms with Crippen LogP contribution in [0.1, 0.15) is 41.8 Å². The molecule has 0 amide bonds. The molecule has 2 heterocycles. The molecular weight excluding hydrogens is 348 g/mol. The largest absolute Gasteiger partial charge is 0.270 e. The molecule has 0 spiro atoms. The van der Waals surface area contributed by atoms with Gasteiger partial charge in [0.25, 0.3) is 0 Å². The van der Waals surface area contributed by atoms with Gasteiger partial charge in [-0.1, -0.05) is 73.3 Å². The van der Waals surface area contributed by atoms with E-state index >= 15 is 0 Å². The van der Waals surface area contributed by atoms with Gasteiger partial charge in [0.15, 0.2) is 0 Å². The maximum absolute atomic E-state index is 5.29. The number of aliphatic imine (C=N–C) groups is 1. The number of rotatable bonds is 1. The van der Waals surface area contributed by atoms with Crippen LogP contribution in [0.3, 0.4) is 0 Å². The second kappa shape index (κ2) is 5.11. The summed E-state index contributed by atoms with van der Waals surface area (Å²) in [5.74, 6) is 0. The molecule has 2 atom stereocenters. The summed E-state index contributed by atoms with van der Waals surface area (Å²) in [7, 11) is 0. The molecule has 2 aromatic carbocycles. The fourth-order valence-corrected chi connectivity index (χ4v) is 7.19. The summed E-state index contributed by atoms with van der Waals surface area (Å²) in [6.45, 7) is 4.82. The fraction of sp³-hybridized carbons (Fsp3) is 0.250. The van der Waals surface area contributed by atoms with Crippen molar-refractivity contribution >= 4 is 16.8 Å². The monoisotopic (exact) mass is 368 g/mol. The normalized spacial score (nSPS) is 32.4. The maximum Gasteiger partial charge on any atom is 0.117 e. The van der Waals surface area contributed by atoms with Gasteiger partial charge >= 0.3 is 0 Å². The lowest BCUT2D eigenvalue weighted by molar-refractivity contribution is 0.298. The number of benzene rings is 2. The molecule has 0 radical (unpaired) electrons. The first-order valence-corrected chi connectivity index (χ1v) is 10.4. The summed E-state index contributed by atoms with van der Waals surface area (Å²) < 4.78 is 0. The SMILES string of the molecule is CC12c3ccccc3C(C)(c3ccccc31)C1SC(c3ccccn3)=NC12. The molecule has 3 aromatic rings. The van der Waals surface area contributed by atoms with Crippen LogP contribution in [0.25, 0.3) is 0 Å². The summed E-state index contributed by atoms with van der Waals surface area (Å²) in [6.07, 6.45) is 1.86. The van der Waals surface area contributed by atoms with Gasteiger partial charge in [-0.05, 0) is 41.3 Å². The smallest absolute Gasteiger partial charge is 0.117 e. The Labute approximate surface area is 163 Å². The molecule has 0 saturated carbocycles. The minimum Gasteiger partial charge on any atom is -0.270 e. The predicted octanol–water partition coefficient (Wildman–Crippen LogP) is 4.95. The molecule has 0 N–H and O–H groups in total. The Balaban J connectivity index is 1.64. The number of hydrogen-bond acceptors (Lipinski definition) is 3. The Morgan fingerprint density at radius 2 is 1.30 bits per heavy atom. The number of aromatic nitrogens is 1. The van der Waals surface area contributed by atoms with Crippen molar-refractivity contribution in [1.82, 2.24) is 4.98 Å². The van der Waals surface area contributed by atoms with Crippen molar-refractivity contribution in [3.8, 4) is 0 Å². The van der Waals surface area contributed by atoms with E-state index in [4.69, 9.17) is 4.99 Å². The minimum absolute atomic E-state index is 0.0414. The van der Waals surface area contributed by atoms with Crippen molar-refractivity contribution in [3.63, 3.8) is 0 Å². The van der Waals surface area contributed by atoms with Crippen LogP contribution in [-0.4, -0.2) is 21.3 Å². The van der Waals surface area contributed by atoms with Crippen molar-refractivity contribution < 1.29 is 0 Å². The van der Waals surface area contributed by atoms with E-state index < -0.39 is 0 Å². The lowest BCUT2D eigenvalue weighted by Crippen LogP contribution is -2.61. The van der Waals surface area contributed by atoms with Crippen LogP contribution in [0.5, 0.6) is 0 Å². The molecule has 132 valence electrons. The Morgan fingerprint density at radius 3 is 1.85 bits per heavy atom. The number of pyridine rings is 1. The van der Waals surface area contributed by atoms with Crippen LogP contribution in [0, 0.1) is 0 Å². The van der Waals surface area contributed by atoms with Gasteiger partial charge in [0.05, 0.1) is 11.7 Å². The molecule has 3 aliphatic carbocycles. The summed E-state index contributed by atoms with van der Waals surface area (Å²) in [5, 5.41) is 1.48. The van der Waals surface area contributed by atoms with Gasteiger partial charge in [-0.25, -0.2) is 0 Å². The van der Waals surface area contributed by atoms with Gasteiger partial charge in [-0.2, -0.15) is 0 Å². The molecule has 1 aromatic heterocycles. The van der Waals surface area contributed by atoms with E-state index in [1.165, 1.54) is 22.3 Å². The number of hydrogen-bond donors (Lipinski definition) is 0. The van der Waals surface area contributed by atoms with Crippen molar-refractivity contribution in [3.05, 3.63) is 101 Å². The summed E-state index contributed by atoms with van der Waals surface area (Å²) in [6, 6.07) is 24.4. The molecular formula is C24H20N2S. The zero-order valence-electron chi connectivity index (χ0n) is 15.4. The molecule has 2 nitrogen and oxygen atoms in total. The highest BCUT2D eigenvalue weighted by atomic mass is 32.2. The highest BCUT2D eigenvalue weighted by Gasteiger charge is 2.64. The summed E-state index contributed by atoms with van der Waals surface area (Å²) in [5.41, 5.74) is 6.68. The first kappa shape index (κ1) is 15.6. The number of thioether (sulfide) groups is 1. The molecule has 7 rings (SSSR count). The lowest BCUT2D eigenvalue weighted by atomic mass is 9.48. The highest BCUT2D eigenvalue weighted by molar-refractivity contribution is 8.15. The lowest BCUT2D eigenvalue weighted by Gasteiger charge is -2.58. The van der Waals surface area contributed by atoms with Crippen molar-refractivity contribution in [1.29, 1.82) is 0 Å². The molecule has 2 bridgehead atoms. The van der Waals surface area contributed by atoms with E-state index in [2.05, 4.69) is 79.5 Å². The zero-order valence-corrected chi connectivity index (χ0v) is 16.2. The van der Waals surface area contributed by atoms with E-state index in [1.807, 2.05) is 24.0 Å². The van der Waals surface area contributed by atoms with Crippen molar-refractivity contribution in [2.24, 2.45) is 4.99 Å². The van der Waals surface area contributed by atoms with Crippen LogP contribution in [0.4, 0.5) is 0 Å². The minimum atomic E-state index is -0.0981. The van der Waals surface area contributed by atoms with E-state index in [0.29, 0.717) is 5.25 Å². The molecule has 2 unspecified atom stereocenters. The van der Waals surface area contributed by atoms with Crippen LogP contribution in [0.2, 0.25) is 0 Å². The van der Waals surface area contributed by atoms with E-state index in [9.17, 15) is 0 Å². The number of nitrogens with zero attached hydrogens (tertiary/aromatic N) is 2. The van der Waals surface area contributed by atoms with Gasteiger partial charge in [0, 0.05) is 22.3 Å². The van der Waals surface area contributed by atoms with Crippen molar-refractivity contribution in [2.75, 3.05) is 0 Å². The van der Waals surface area contributed by atoms with Crippen LogP contribution in [-0.2, 0) is 10.8 Å². The van der Waals surface area contributed by atoms with Gasteiger partial charge in [-0.3, -0.25) is 9.98 Å². The molecule has 27 heavy (non-hydrogen) atoms. The molecule has 4 aliphatic rings. The van der Waals surface area contributed by atoms with Crippen LogP contribution >= 0.6 is 11.8 Å². The third-order valence-electron chi connectivity index (χ3n) is 6.92. The van der Waals surface area contributed by atoms with Gasteiger partial charge < -0.3 is 0 Å². The first-order chi connectivity index (χ1) is 13.1. The van der Waals surface area contributed by atoms with Crippen LogP contribution in [0.15, 0.2) is 77.9 Å². The average molecular weight is 369 g/mol. The maximum atomic E-state index is 5.29. The Morgan fingerprint density at radius 1 is 0.741 bits per heavy atom. The third kappa shape index (κ3) is 1.74. The second-order valence-electron chi connectivity index (χ2n) is 8.13. The zero-order chi connectivity index (χ0) is 18.2. The Hall–Kier alpha value is -2.39. The Kier molecular flexibility index (Phi) is 2.96. The topological polar surface area (TPSA) is 25.2 Å². The van der Waals surface area contributed by atoms with Gasteiger partial charge in [0.1, 0.15) is 5.04 Å². The summed E-state index contributed by atoms with van der Waals surface area (Å²) >= 11 is 1.92. The third-order valence-corrected chi connectivity index (χ3v) is 8.44. The van der Waals surface area contributed by atoms with E-state index in [-0.39, 0.29) is 16.9 Å². The highest BCUT2D eigenvalue weighted by Crippen LogP contribution is 2.64. The quantitative estimate of drug-likeness (QED) is 0.607. The standard InChI is InChI=1S/C24H20N2S/c1-23-15-9-3-5-11-17(15)24(2,18-12-6-4-10-16(18)23)21-20(23)26-22(27-21)19-13-7-8-14-25-19/h3-14,20-21H,1-2H3. The van der Waals surface area contributed by atoms with E-state index in [0.717, 1.165) is 10.7 Å². The van der Waals surface area contributed by atoms with Crippen molar-refractivity contribution in [2.45, 2.75) is 36.0 Å². The molecule has 1 aliphatic heterocycles. The second-order valence-corrected chi connectivity index (χ2v) is 9.26. The molecule has 0 saturated heterocycles. The van der Waals surface area contributed by atoms with Crippen LogP contribution < -0.4 is 0 Å². The summed E-state index contributed by atoms with van der Waals surface area (Å²) in [4.78, 5) is 9.88. The molecule has 3 heteroatoms. The fourth-order valence-electron chi connectivity index (χ4n) is 5.58. The van der Waals surface area contributed by atoms with Gasteiger partial charge in [0.2, 0.25) is 0 Å². The van der Waals surface area contributed by atoms with Gasteiger partial charge in [-0.15, -0.1) is 0 Å².